The van der Waals surface area contributed by atoms with Crippen LogP contribution >= 0.6 is 11.6 Å². The molecule has 2 aromatic carbocycles. The highest BCUT2D eigenvalue weighted by Crippen LogP contribution is 2.36. The van der Waals surface area contributed by atoms with Gasteiger partial charge >= 0.3 is 5.97 Å². The van der Waals surface area contributed by atoms with Crippen LogP contribution in [0.5, 0.6) is 17.2 Å². The highest BCUT2D eigenvalue weighted by atomic mass is 35.5. The standard InChI is InChI=1S/C15H12ClFO4/c1-19-14-12(15(18)20-2)7-10(17)8-13(14)21-11-5-3-9(16)4-6-11/h3-8H,1-2H3. The molecule has 0 saturated heterocycles. The quantitative estimate of drug-likeness (QED) is 0.799. The number of halogens is 2. The number of rotatable bonds is 4. The maximum atomic E-state index is 13.6. The number of methoxy groups -OCH3 is 2. The summed E-state index contributed by atoms with van der Waals surface area (Å²) in [6.07, 6.45) is 0. The van der Waals surface area contributed by atoms with Gasteiger partial charge in [0.15, 0.2) is 11.5 Å². The third kappa shape index (κ3) is 3.44. The Morgan fingerprint density at radius 3 is 2.38 bits per heavy atom. The van der Waals surface area contributed by atoms with E-state index in [9.17, 15) is 9.18 Å². The van der Waals surface area contributed by atoms with Gasteiger partial charge in [-0.1, -0.05) is 11.6 Å². The molecule has 0 atom stereocenters. The first kappa shape index (κ1) is 15.1. The van der Waals surface area contributed by atoms with Crippen LogP contribution in [0.2, 0.25) is 5.02 Å². The van der Waals surface area contributed by atoms with Crippen molar-refractivity contribution in [2.45, 2.75) is 0 Å². The molecule has 0 saturated carbocycles. The molecule has 2 aromatic rings. The third-order valence-electron chi connectivity index (χ3n) is 2.67. The first-order valence-corrected chi connectivity index (χ1v) is 6.32. The molecule has 0 aromatic heterocycles. The monoisotopic (exact) mass is 310 g/mol. The van der Waals surface area contributed by atoms with Crippen LogP contribution < -0.4 is 9.47 Å². The van der Waals surface area contributed by atoms with Gasteiger partial charge in [0.05, 0.1) is 14.2 Å². The second-order valence-electron chi connectivity index (χ2n) is 4.03. The van der Waals surface area contributed by atoms with Crippen LogP contribution in [-0.4, -0.2) is 20.2 Å². The maximum absolute atomic E-state index is 13.6. The summed E-state index contributed by atoms with van der Waals surface area (Å²) in [7, 11) is 2.56. The minimum atomic E-state index is -0.715. The topological polar surface area (TPSA) is 44.8 Å². The van der Waals surface area contributed by atoms with E-state index in [1.165, 1.54) is 14.2 Å². The SMILES string of the molecule is COC(=O)c1cc(F)cc(Oc2ccc(Cl)cc2)c1OC. The number of esters is 1. The summed E-state index contributed by atoms with van der Waals surface area (Å²) in [6.45, 7) is 0. The van der Waals surface area contributed by atoms with Crippen molar-refractivity contribution in [3.8, 4) is 17.2 Å². The zero-order chi connectivity index (χ0) is 15.4. The molecule has 0 heterocycles. The van der Waals surface area contributed by atoms with E-state index in [1.807, 2.05) is 0 Å². The van der Waals surface area contributed by atoms with Gasteiger partial charge in [-0.05, 0) is 30.3 Å². The lowest BCUT2D eigenvalue weighted by Gasteiger charge is -2.13. The van der Waals surface area contributed by atoms with Crippen molar-refractivity contribution < 1.29 is 23.4 Å². The Balaban J connectivity index is 2.44. The summed E-state index contributed by atoms with van der Waals surface area (Å²) in [6, 6.07) is 8.64. The van der Waals surface area contributed by atoms with Crippen LogP contribution in [-0.2, 0) is 4.74 Å². The predicted molar refractivity (Wildman–Crippen MR) is 75.8 cm³/mol. The maximum Gasteiger partial charge on any atom is 0.341 e. The van der Waals surface area contributed by atoms with Crippen molar-refractivity contribution in [2.75, 3.05) is 14.2 Å². The first-order chi connectivity index (χ1) is 10.0. The minimum Gasteiger partial charge on any atom is -0.492 e. The molecule has 0 N–H and O–H groups in total. The summed E-state index contributed by atoms with van der Waals surface area (Å²) in [5, 5.41) is 0.545. The highest BCUT2D eigenvalue weighted by molar-refractivity contribution is 6.30. The summed E-state index contributed by atoms with van der Waals surface area (Å²) >= 11 is 5.78. The summed E-state index contributed by atoms with van der Waals surface area (Å²) in [5.41, 5.74) is -0.0519. The molecule has 0 radical (unpaired) electrons. The number of hydrogen-bond donors (Lipinski definition) is 0. The van der Waals surface area contributed by atoms with Crippen molar-refractivity contribution in [1.82, 2.24) is 0 Å². The second kappa shape index (κ2) is 6.45. The van der Waals surface area contributed by atoms with E-state index >= 15 is 0 Å². The minimum absolute atomic E-state index is 0.0519. The summed E-state index contributed by atoms with van der Waals surface area (Å²) < 4.78 is 28.9. The highest BCUT2D eigenvalue weighted by Gasteiger charge is 2.20. The van der Waals surface area contributed by atoms with E-state index in [4.69, 9.17) is 21.1 Å². The molecule has 0 amide bonds. The Morgan fingerprint density at radius 1 is 1.14 bits per heavy atom. The van der Waals surface area contributed by atoms with Crippen LogP contribution in [0.1, 0.15) is 10.4 Å². The van der Waals surface area contributed by atoms with Crippen LogP contribution in [0.15, 0.2) is 36.4 Å². The molecule has 0 spiro atoms. The Kier molecular flexibility index (Phi) is 4.65. The van der Waals surface area contributed by atoms with Gasteiger partial charge in [0.1, 0.15) is 17.1 Å². The molecule has 110 valence electrons. The van der Waals surface area contributed by atoms with Crippen LogP contribution in [0, 0.1) is 5.82 Å². The van der Waals surface area contributed by atoms with E-state index in [1.54, 1.807) is 24.3 Å². The molecule has 0 bridgehead atoms. The third-order valence-corrected chi connectivity index (χ3v) is 2.92. The van der Waals surface area contributed by atoms with Gasteiger partial charge in [0, 0.05) is 11.1 Å². The van der Waals surface area contributed by atoms with Crippen molar-refractivity contribution >= 4 is 17.6 Å². The van der Waals surface area contributed by atoms with E-state index < -0.39 is 11.8 Å². The fourth-order valence-electron chi connectivity index (χ4n) is 1.75. The molecule has 0 aliphatic rings. The Bertz CT molecular complexity index is 655. The van der Waals surface area contributed by atoms with Crippen LogP contribution in [0.25, 0.3) is 0 Å². The number of carbonyl (C=O) groups excluding carboxylic acids is 1. The zero-order valence-corrected chi connectivity index (χ0v) is 12.1. The van der Waals surface area contributed by atoms with Gasteiger partial charge in [0.2, 0.25) is 0 Å². The Morgan fingerprint density at radius 2 is 1.81 bits per heavy atom. The van der Waals surface area contributed by atoms with E-state index in [2.05, 4.69) is 4.74 Å². The smallest absolute Gasteiger partial charge is 0.341 e. The predicted octanol–water partition coefficient (Wildman–Crippen LogP) is 4.07. The molecule has 0 unspecified atom stereocenters. The number of ether oxygens (including phenoxy) is 3. The number of carbonyl (C=O) groups is 1. The number of benzene rings is 2. The lowest BCUT2D eigenvalue weighted by molar-refractivity contribution is 0.0596. The van der Waals surface area contributed by atoms with E-state index in [0.717, 1.165) is 12.1 Å². The largest absolute Gasteiger partial charge is 0.492 e. The summed E-state index contributed by atoms with van der Waals surface area (Å²) in [5.74, 6) is -0.759. The fraction of sp³-hybridized carbons (Fsp3) is 0.133. The average molecular weight is 311 g/mol. The van der Waals surface area contributed by atoms with Gasteiger partial charge in [-0.15, -0.1) is 0 Å². The Hall–Kier alpha value is -2.27. The molecular formula is C15H12ClFO4. The van der Waals surface area contributed by atoms with Gasteiger partial charge in [0.25, 0.3) is 0 Å². The Labute approximate surface area is 126 Å². The average Bonchev–Trinajstić information content (AvgIpc) is 2.48. The van der Waals surface area contributed by atoms with Gasteiger partial charge in [-0.3, -0.25) is 0 Å². The molecular weight excluding hydrogens is 299 g/mol. The van der Waals surface area contributed by atoms with Crippen LogP contribution in [0.4, 0.5) is 4.39 Å². The molecule has 2 rings (SSSR count). The van der Waals surface area contributed by atoms with Gasteiger partial charge in [-0.25, -0.2) is 9.18 Å². The van der Waals surface area contributed by atoms with Crippen molar-refractivity contribution in [1.29, 1.82) is 0 Å². The molecule has 21 heavy (non-hydrogen) atoms. The lowest BCUT2D eigenvalue weighted by Crippen LogP contribution is -2.06. The van der Waals surface area contributed by atoms with Gasteiger partial charge < -0.3 is 14.2 Å². The van der Waals surface area contributed by atoms with Crippen molar-refractivity contribution in [3.05, 3.63) is 52.8 Å². The molecule has 4 nitrogen and oxygen atoms in total. The second-order valence-corrected chi connectivity index (χ2v) is 4.47. The van der Waals surface area contributed by atoms with E-state index in [-0.39, 0.29) is 17.1 Å². The zero-order valence-electron chi connectivity index (χ0n) is 11.4. The lowest BCUT2D eigenvalue weighted by atomic mass is 10.1. The van der Waals surface area contributed by atoms with Crippen molar-refractivity contribution in [3.63, 3.8) is 0 Å². The molecule has 0 aliphatic heterocycles. The van der Waals surface area contributed by atoms with Crippen LogP contribution in [0.3, 0.4) is 0 Å². The first-order valence-electron chi connectivity index (χ1n) is 5.94. The fourth-order valence-corrected chi connectivity index (χ4v) is 1.87. The molecule has 0 fully saturated rings. The molecule has 6 heteroatoms. The van der Waals surface area contributed by atoms with Gasteiger partial charge in [-0.2, -0.15) is 0 Å². The normalized spacial score (nSPS) is 10.1. The summed E-state index contributed by atoms with van der Waals surface area (Å²) in [4.78, 5) is 11.7. The number of hydrogen-bond acceptors (Lipinski definition) is 4. The van der Waals surface area contributed by atoms with Crippen molar-refractivity contribution in [2.24, 2.45) is 0 Å². The van der Waals surface area contributed by atoms with E-state index in [0.29, 0.717) is 10.8 Å². The molecule has 0 aliphatic carbocycles.